The summed E-state index contributed by atoms with van der Waals surface area (Å²) in [6, 6.07) is 9.32. The summed E-state index contributed by atoms with van der Waals surface area (Å²) in [6.45, 7) is 11.0. The normalized spacial score (nSPS) is 21.3. The van der Waals surface area contributed by atoms with Crippen LogP contribution in [0.25, 0.3) is 0 Å². The first kappa shape index (κ1) is 19.2. The molecule has 1 unspecified atom stereocenters. The maximum atomic E-state index is 12.3. The highest BCUT2D eigenvalue weighted by Crippen LogP contribution is 2.45. The smallest absolute Gasteiger partial charge is 0.410 e. The molecule has 1 heterocycles. The molecule has 26 heavy (non-hydrogen) atoms. The van der Waals surface area contributed by atoms with E-state index in [1.807, 2.05) is 32.6 Å². The molecule has 2 N–H and O–H groups in total. The van der Waals surface area contributed by atoms with Crippen molar-refractivity contribution in [3.05, 3.63) is 35.4 Å². The van der Waals surface area contributed by atoms with E-state index in [0.717, 1.165) is 32.1 Å². The molecule has 1 aliphatic heterocycles. The third kappa shape index (κ3) is 4.77. The Morgan fingerprint density at radius 1 is 1.08 bits per heavy atom. The fourth-order valence-electron chi connectivity index (χ4n) is 3.70. The number of piperazine rings is 1. The fraction of sp³-hybridized carbons (Fsp3) is 0.667. The van der Waals surface area contributed by atoms with Crippen molar-refractivity contribution >= 4 is 6.09 Å². The number of carbonyl (C=O) groups excluding carboxylic acids is 1. The lowest BCUT2D eigenvalue weighted by molar-refractivity contribution is 0.00897. The third-order valence-corrected chi connectivity index (χ3v) is 5.23. The molecule has 0 spiro atoms. The van der Waals surface area contributed by atoms with Crippen LogP contribution in [0, 0.1) is 5.92 Å². The lowest BCUT2D eigenvalue weighted by Crippen LogP contribution is -2.51. The highest BCUT2D eigenvalue weighted by Gasteiger charge is 2.38. The number of carbonyl (C=O) groups is 1. The summed E-state index contributed by atoms with van der Waals surface area (Å²) in [5.74, 6) is 0.740. The van der Waals surface area contributed by atoms with Gasteiger partial charge in [0.25, 0.3) is 0 Å². The van der Waals surface area contributed by atoms with Gasteiger partial charge in [-0.2, -0.15) is 0 Å². The zero-order valence-corrected chi connectivity index (χ0v) is 16.6. The van der Waals surface area contributed by atoms with E-state index in [9.17, 15) is 4.79 Å². The maximum Gasteiger partial charge on any atom is 0.410 e. The van der Waals surface area contributed by atoms with Crippen molar-refractivity contribution in [1.82, 2.24) is 9.80 Å². The lowest BCUT2D eigenvalue weighted by atomic mass is 9.97. The molecule has 0 bridgehead atoms. The molecular formula is C21H33N3O2. The number of nitrogens with two attached hydrogens (primary N) is 1. The van der Waals surface area contributed by atoms with Gasteiger partial charge in [0.2, 0.25) is 0 Å². The molecular weight excluding hydrogens is 326 g/mol. The van der Waals surface area contributed by atoms with E-state index in [2.05, 4.69) is 29.2 Å². The molecule has 1 saturated heterocycles. The van der Waals surface area contributed by atoms with E-state index in [0.29, 0.717) is 6.04 Å². The minimum atomic E-state index is -0.438. The van der Waals surface area contributed by atoms with Crippen molar-refractivity contribution in [2.75, 3.05) is 26.2 Å². The molecule has 1 aromatic carbocycles. The summed E-state index contributed by atoms with van der Waals surface area (Å²) in [7, 11) is 0. The Morgan fingerprint density at radius 2 is 1.62 bits per heavy atom. The van der Waals surface area contributed by atoms with Crippen molar-refractivity contribution in [2.24, 2.45) is 11.7 Å². The summed E-state index contributed by atoms with van der Waals surface area (Å²) in [5, 5.41) is 0. The summed E-state index contributed by atoms with van der Waals surface area (Å²) >= 11 is 0. The molecule has 0 aromatic heterocycles. The quantitative estimate of drug-likeness (QED) is 0.890. The first-order chi connectivity index (χ1) is 12.2. The zero-order valence-electron chi connectivity index (χ0n) is 16.6. The van der Waals surface area contributed by atoms with E-state index in [-0.39, 0.29) is 12.1 Å². The van der Waals surface area contributed by atoms with Gasteiger partial charge in [-0.05, 0) is 57.6 Å². The van der Waals surface area contributed by atoms with Crippen LogP contribution in [0.1, 0.15) is 63.7 Å². The summed E-state index contributed by atoms with van der Waals surface area (Å²) < 4.78 is 5.51. The summed E-state index contributed by atoms with van der Waals surface area (Å²) in [5.41, 5.74) is 8.10. The van der Waals surface area contributed by atoms with Gasteiger partial charge in [0.15, 0.2) is 0 Å². The highest BCUT2D eigenvalue weighted by atomic mass is 16.6. The van der Waals surface area contributed by atoms with Crippen LogP contribution in [0.2, 0.25) is 0 Å². The van der Waals surface area contributed by atoms with Crippen LogP contribution in [0.5, 0.6) is 0 Å². The number of hydrogen-bond acceptors (Lipinski definition) is 4. The second-order valence-corrected chi connectivity index (χ2v) is 8.74. The van der Waals surface area contributed by atoms with Gasteiger partial charge in [-0.1, -0.05) is 24.3 Å². The van der Waals surface area contributed by atoms with Gasteiger partial charge < -0.3 is 15.4 Å². The van der Waals surface area contributed by atoms with E-state index < -0.39 is 5.60 Å². The third-order valence-electron chi connectivity index (χ3n) is 5.23. The Bertz CT molecular complexity index is 609. The summed E-state index contributed by atoms with van der Waals surface area (Å²) in [6.07, 6.45) is 2.40. The van der Waals surface area contributed by atoms with Crippen LogP contribution < -0.4 is 5.73 Å². The van der Waals surface area contributed by atoms with Gasteiger partial charge in [0, 0.05) is 38.3 Å². The SMILES string of the molecule is C[C@H](N)c1ccc(C(C2CC2)N2CCN(C(=O)OC(C)(C)C)CC2)cc1. The predicted molar refractivity (Wildman–Crippen MR) is 104 cm³/mol. The van der Waals surface area contributed by atoms with E-state index >= 15 is 0 Å². The highest BCUT2D eigenvalue weighted by molar-refractivity contribution is 5.68. The number of benzene rings is 1. The summed E-state index contributed by atoms with van der Waals surface area (Å²) in [4.78, 5) is 16.7. The van der Waals surface area contributed by atoms with Crippen LogP contribution in [0.15, 0.2) is 24.3 Å². The second kappa shape index (κ2) is 7.57. The van der Waals surface area contributed by atoms with Gasteiger partial charge in [0.1, 0.15) is 5.60 Å². The first-order valence-electron chi connectivity index (χ1n) is 9.82. The molecule has 1 aliphatic carbocycles. The van der Waals surface area contributed by atoms with Crippen LogP contribution in [0.4, 0.5) is 4.79 Å². The van der Waals surface area contributed by atoms with Crippen molar-refractivity contribution in [3.8, 4) is 0 Å². The van der Waals surface area contributed by atoms with Crippen molar-refractivity contribution in [1.29, 1.82) is 0 Å². The molecule has 144 valence electrons. The molecule has 1 saturated carbocycles. The molecule has 2 atom stereocenters. The number of nitrogens with zero attached hydrogens (tertiary/aromatic N) is 2. The number of amides is 1. The minimum absolute atomic E-state index is 0.0702. The molecule has 5 heteroatoms. The molecule has 3 rings (SSSR count). The monoisotopic (exact) mass is 359 g/mol. The largest absolute Gasteiger partial charge is 0.444 e. The Balaban J connectivity index is 1.63. The van der Waals surface area contributed by atoms with Crippen molar-refractivity contribution in [2.45, 2.75) is 58.2 Å². The average Bonchev–Trinajstić information content (AvgIpc) is 3.39. The van der Waals surface area contributed by atoms with Crippen LogP contribution in [0.3, 0.4) is 0 Å². The second-order valence-electron chi connectivity index (χ2n) is 8.74. The predicted octanol–water partition coefficient (Wildman–Crippen LogP) is 3.71. The first-order valence-corrected chi connectivity index (χ1v) is 9.82. The van der Waals surface area contributed by atoms with E-state index in [1.165, 1.54) is 24.0 Å². The van der Waals surface area contributed by atoms with E-state index in [1.54, 1.807) is 0 Å². The molecule has 2 aliphatic rings. The van der Waals surface area contributed by atoms with Crippen LogP contribution >= 0.6 is 0 Å². The standard InChI is InChI=1S/C21H33N3O2/c1-15(22)16-5-7-17(8-6-16)19(18-9-10-18)23-11-13-24(14-12-23)20(25)26-21(2,3)4/h5-8,15,18-19H,9-14,22H2,1-4H3/t15-,19?/m0/s1. The lowest BCUT2D eigenvalue weighted by Gasteiger charge is -2.40. The van der Waals surface area contributed by atoms with Gasteiger partial charge in [-0.3, -0.25) is 4.90 Å². The maximum absolute atomic E-state index is 12.3. The van der Waals surface area contributed by atoms with Gasteiger partial charge in [-0.25, -0.2) is 4.79 Å². The van der Waals surface area contributed by atoms with Gasteiger partial charge in [0.05, 0.1) is 0 Å². The van der Waals surface area contributed by atoms with Crippen molar-refractivity contribution in [3.63, 3.8) is 0 Å². The van der Waals surface area contributed by atoms with Crippen LogP contribution in [-0.4, -0.2) is 47.7 Å². The van der Waals surface area contributed by atoms with Crippen LogP contribution in [-0.2, 0) is 4.74 Å². The zero-order chi connectivity index (χ0) is 18.9. The fourth-order valence-corrected chi connectivity index (χ4v) is 3.70. The molecule has 0 radical (unpaired) electrons. The minimum Gasteiger partial charge on any atom is -0.444 e. The Hall–Kier alpha value is -1.59. The number of hydrogen-bond donors (Lipinski definition) is 1. The molecule has 2 fully saturated rings. The molecule has 5 nitrogen and oxygen atoms in total. The van der Waals surface area contributed by atoms with Gasteiger partial charge in [-0.15, -0.1) is 0 Å². The van der Waals surface area contributed by atoms with Crippen molar-refractivity contribution < 1.29 is 9.53 Å². The number of ether oxygens (including phenoxy) is 1. The Morgan fingerprint density at radius 3 is 2.08 bits per heavy atom. The van der Waals surface area contributed by atoms with Gasteiger partial charge >= 0.3 is 6.09 Å². The Kier molecular flexibility index (Phi) is 5.58. The number of rotatable bonds is 4. The molecule has 1 amide bonds. The topological polar surface area (TPSA) is 58.8 Å². The average molecular weight is 360 g/mol. The molecule has 1 aromatic rings. The Labute approximate surface area is 157 Å². The van der Waals surface area contributed by atoms with E-state index in [4.69, 9.17) is 10.5 Å².